The van der Waals surface area contributed by atoms with Crippen LogP contribution in [0.5, 0.6) is 0 Å². The van der Waals surface area contributed by atoms with E-state index < -0.39 is 40.1 Å². The van der Waals surface area contributed by atoms with Crippen molar-refractivity contribution in [1.82, 2.24) is 10.3 Å². The zero-order valence-corrected chi connectivity index (χ0v) is 19.5. The number of halogens is 3. The lowest BCUT2D eigenvalue weighted by Gasteiger charge is -3.10. The quantitative estimate of drug-likeness (QED) is 0.467. The Labute approximate surface area is 205 Å². The SMILES string of the molecule is COC(=O)C1=C(C23C4C5C2C2C3C4C52C(=O)O)NC(c2nccs2)=NC1c1ccc(F)c(F)c1Cl. The summed E-state index contributed by atoms with van der Waals surface area (Å²) in [5.74, 6) is -2.32. The lowest BCUT2D eigenvalue weighted by molar-refractivity contribution is -0.633. The number of esters is 1. The third kappa shape index (κ3) is 1.75. The van der Waals surface area contributed by atoms with Crippen molar-refractivity contribution in [3.63, 3.8) is 0 Å². The molecule has 1 aromatic carbocycles. The second kappa shape index (κ2) is 5.92. The summed E-state index contributed by atoms with van der Waals surface area (Å²) in [6.07, 6.45) is 1.63. The summed E-state index contributed by atoms with van der Waals surface area (Å²) >= 11 is 7.59. The van der Waals surface area contributed by atoms with E-state index >= 15 is 0 Å². The van der Waals surface area contributed by atoms with Gasteiger partial charge in [-0.1, -0.05) is 17.7 Å². The number of nitrogens with one attached hydrogen (secondary N) is 1. The van der Waals surface area contributed by atoms with Crippen LogP contribution in [0.2, 0.25) is 5.02 Å². The first-order valence-electron chi connectivity index (χ1n) is 11.3. The predicted octanol–water partition coefficient (Wildman–Crippen LogP) is 3.42. The molecule has 11 heteroatoms. The molecule has 7 aliphatic rings. The molecule has 1 aromatic heterocycles. The fourth-order valence-corrected chi connectivity index (χ4v) is 9.94. The fourth-order valence-electron chi connectivity index (χ4n) is 9.10. The largest absolute Gasteiger partial charge is 0.481 e. The lowest BCUT2D eigenvalue weighted by Crippen LogP contribution is -3.11. The Morgan fingerprint density at radius 1 is 1.17 bits per heavy atom. The number of carboxylic acid groups (broad SMARTS) is 1. The number of aliphatic imine (C=N–C) groups is 1. The summed E-state index contributed by atoms with van der Waals surface area (Å²) in [6.45, 7) is 0. The Hall–Kier alpha value is -2.85. The first-order chi connectivity index (χ1) is 16.8. The van der Waals surface area contributed by atoms with Gasteiger partial charge in [-0.15, -0.1) is 11.3 Å². The summed E-state index contributed by atoms with van der Waals surface area (Å²) in [5.41, 5.74) is 0.0939. The summed E-state index contributed by atoms with van der Waals surface area (Å²) in [5, 5.41) is 15.2. The monoisotopic (exact) mass is 515 g/mol. The van der Waals surface area contributed by atoms with Gasteiger partial charge in [0, 0.05) is 28.3 Å². The van der Waals surface area contributed by atoms with Crippen LogP contribution in [0.15, 0.2) is 40.0 Å². The van der Waals surface area contributed by atoms with Gasteiger partial charge >= 0.3 is 11.9 Å². The highest BCUT2D eigenvalue weighted by molar-refractivity contribution is 7.11. The summed E-state index contributed by atoms with van der Waals surface area (Å²) in [7, 11) is 1.26. The number of allylic oxidation sites excluding steroid dienone is 1. The maximum absolute atomic E-state index is 14.5. The summed E-state index contributed by atoms with van der Waals surface area (Å²) in [4.78, 5) is 34.3. The number of hydrogen-bond acceptors (Lipinski definition) is 7. The molecule has 0 bridgehead atoms. The van der Waals surface area contributed by atoms with Gasteiger partial charge in [0.1, 0.15) is 6.04 Å². The molecule has 6 saturated carbocycles. The molecule has 1 atom stereocenters. The number of amidine groups is 1. The molecule has 0 amide bonds. The van der Waals surface area contributed by atoms with E-state index in [1.807, 2.05) is 0 Å². The fraction of sp³-hybridized carbons (Fsp3) is 0.417. The Bertz CT molecular complexity index is 1420. The zero-order valence-electron chi connectivity index (χ0n) is 18.0. The molecule has 178 valence electrons. The minimum atomic E-state index is -1.21. The first-order valence-corrected chi connectivity index (χ1v) is 12.5. The van der Waals surface area contributed by atoms with Crippen LogP contribution in [0.1, 0.15) is 16.6 Å². The van der Waals surface area contributed by atoms with E-state index in [2.05, 4.69) is 10.3 Å². The molecular weight excluding hydrogens is 500 g/mol. The van der Waals surface area contributed by atoms with E-state index in [1.54, 1.807) is 11.6 Å². The number of thiazole rings is 1. The predicted molar refractivity (Wildman–Crippen MR) is 118 cm³/mol. The molecule has 0 radical (unpaired) electrons. The second-order valence-corrected chi connectivity index (χ2v) is 11.5. The van der Waals surface area contributed by atoms with Crippen LogP contribution in [-0.2, 0) is 14.3 Å². The van der Waals surface area contributed by atoms with Gasteiger partial charge in [0.25, 0.3) is 0 Å². The van der Waals surface area contributed by atoms with Crippen molar-refractivity contribution in [3.05, 3.63) is 62.2 Å². The summed E-state index contributed by atoms with van der Waals surface area (Å²) in [6, 6.07) is 1.26. The average Bonchev–Trinajstić information content (AvgIpc) is 3.41. The van der Waals surface area contributed by atoms with Crippen LogP contribution in [0, 0.1) is 58.0 Å². The van der Waals surface area contributed by atoms with Crippen molar-refractivity contribution in [1.29, 1.82) is 0 Å². The first kappa shape index (κ1) is 20.4. The minimum absolute atomic E-state index is 0.126. The lowest BCUT2D eigenvalue weighted by atomic mass is 8.92. The number of carboxylic acids is 1. The second-order valence-electron chi connectivity index (χ2n) is 10.2. The molecule has 35 heavy (non-hydrogen) atoms. The number of aliphatic carboxylic acids is 1. The van der Waals surface area contributed by atoms with Gasteiger partial charge in [-0.05, 0) is 41.6 Å². The van der Waals surface area contributed by atoms with Crippen molar-refractivity contribution in [3.8, 4) is 0 Å². The third-order valence-electron chi connectivity index (χ3n) is 9.88. The highest BCUT2D eigenvalue weighted by atomic mass is 35.5. The van der Waals surface area contributed by atoms with Crippen molar-refractivity contribution in [2.75, 3.05) is 7.11 Å². The maximum atomic E-state index is 14.5. The Kier molecular flexibility index (Phi) is 3.44. The molecule has 0 spiro atoms. The standard InChI is InChI=1S/C24H16ClF2N3O4S/c1-34-21(31)8-17(6-2-3-7(26)16(27)15(6)25)29-19(20-28-4-5-35-20)30-18(8)23-9-12-10(23)14-11(23)13(9)24(12,14)22(32)33/h2-5,9-14,17H,1H3,(H,29,30)(H,32,33). The smallest absolute Gasteiger partial charge is 0.338 e. The van der Waals surface area contributed by atoms with Crippen LogP contribution in [0.4, 0.5) is 8.78 Å². The molecule has 2 heterocycles. The molecule has 2 N–H and O–H groups in total. The van der Waals surface area contributed by atoms with E-state index in [0.29, 0.717) is 16.5 Å². The molecule has 6 fully saturated rings. The average molecular weight is 516 g/mol. The normalized spacial score (nSPS) is 42.3. The number of hydrogen-bond donors (Lipinski definition) is 2. The molecule has 6 aliphatic carbocycles. The van der Waals surface area contributed by atoms with Crippen LogP contribution >= 0.6 is 22.9 Å². The van der Waals surface area contributed by atoms with E-state index in [0.717, 1.165) is 6.07 Å². The van der Waals surface area contributed by atoms with Crippen molar-refractivity contribution >= 4 is 40.7 Å². The van der Waals surface area contributed by atoms with Crippen molar-refractivity contribution < 1.29 is 28.2 Å². The Morgan fingerprint density at radius 3 is 2.43 bits per heavy atom. The zero-order chi connectivity index (χ0) is 24.2. The van der Waals surface area contributed by atoms with Gasteiger partial charge in [-0.2, -0.15) is 0 Å². The minimum Gasteiger partial charge on any atom is -0.481 e. The topological polar surface area (TPSA) is 101 Å². The Balaban J connectivity index is 1.31. The number of aromatic nitrogens is 1. The molecule has 1 unspecified atom stereocenters. The van der Waals surface area contributed by atoms with E-state index in [9.17, 15) is 23.5 Å². The highest BCUT2D eigenvalue weighted by Crippen LogP contribution is 3.11. The van der Waals surface area contributed by atoms with Gasteiger partial charge in [0.2, 0.25) is 0 Å². The Morgan fingerprint density at radius 2 is 1.86 bits per heavy atom. The number of carbonyl (C=O) groups excluding carboxylic acids is 1. The van der Waals surface area contributed by atoms with Gasteiger partial charge in [-0.25, -0.2) is 18.6 Å². The van der Waals surface area contributed by atoms with E-state index in [4.69, 9.17) is 21.3 Å². The molecule has 1 aliphatic heterocycles. The third-order valence-corrected chi connectivity index (χ3v) is 11.0. The van der Waals surface area contributed by atoms with Gasteiger partial charge in [0.05, 0.1) is 23.1 Å². The number of nitrogens with zero attached hydrogens (tertiary/aromatic N) is 2. The highest BCUT2D eigenvalue weighted by Gasteiger charge is 3.12. The van der Waals surface area contributed by atoms with E-state index in [1.165, 1.54) is 24.5 Å². The molecule has 7 nitrogen and oxygen atoms in total. The number of carbonyl (C=O) groups is 2. The number of rotatable bonds is 5. The molecular formula is C24H16ClF2N3O4S. The molecule has 9 rings (SSSR count). The summed E-state index contributed by atoms with van der Waals surface area (Å²) < 4.78 is 33.5. The van der Waals surface area contributed by atoms with Crippen molar-refractivity contribution in [2.24, 2.45) is 51.3 Å². The van der Waals surface area contributed by atoms with Crippen LogP contribution < -0.4 is 5.32 Å². The van der Waals surface area contributed by atoms with Gasteiger partial charge < -0.3 is 15.2 Å². The molecule has 0 saturated heterocycles. The van der Waals surface area contributed by atoms with Crippen LogP contribution in [0.25, 0.3) is 0 Å². The molecule has 2 aromatic rings. The van der Waals surface area contributed by atoms with Crippen molar-refractivity contribution in [2.45, 2.75) is 6.04 Å². The van der Waals surface area contributed by atoms with E-state index in [-0.39, 0.29) is 52.1 Å². The van der Waals surface area contributed by atoms with Gasteiger partial charge in [0.15, 0.2) is 22.5 Å². The van der Waals surface area contributed by atoms with Gasteiger partial charge in [-0.3, -0.25) is 9.79 Å². The van der Waals surface area contributed by atoms with Crippen LogP contribution in [0.3, 0.4) is 0 Å². The number of benzene rings is 1. The maximum Gasteiger partial charge on any atom is 0.338 e. The number of methoxy groups -OCH3 is 1. The number of ether oxygens (including phenoxy) is 1. The van der Waals surface area contributed by atoms with Crippen LogP contribution in [-0.4, -0.2) is 35.0 Å².